The number of guanidine groups is 1. The first-order chi connectivity index (χ1) is 10.6. The van der Waals surface area contributed by atoms with Gasteiger partial charge in [-0.1, -0.05) is 6.92 Å². The predicted octanol–water partition coefficient (Wildman–Crippen LogP) is 1.99. The Morgan fingerprint density at radius 1 is 1.55 bits per heavy atom. The molecule has 0 fully saturated rings. The highest BCUT2D eigenvalue weighted by atomic mass is 32.1. The number of aliphatic imine (C=N–C) groups is 1. The highest BCUT2D eigenvalue weighted by molar-refractivity contribution is 7.10. The van der Waals surface area contributed by atoms with Gasteiger partial charge in [0.15, 0.2) is 5.96 Å². The average molecular weight is 322 g/mol. The highest BCUT2D eigenvalue weighted by Crippen LogP contribution is 2.24. The van der Waals surface area contributed by atoms with Crippen molar-refractivity contribution in [1.29, 1.82) is 0 Å². The van der Waals surface area contributed by atoms with E-state index in [-0.39, 0.29) is 5.91 Å². The second kappa shape index (κ2) is 8.17. The molecule has 0 aliphatic carbocycles. The maximum absolute atomic E-state index is 12.3. The Kier molecular flexibility index (Phi) is 6.24. The standard InChI is InChI=1S/C16H26N4OS/c1-4-12(2)19-16(17-3)18-8-5-15(21)20-9-6-14-13(11-20)7-10-22-14/h7,10,12H,4-6,8-9,11H2,1-3H3,(H2,17,18,19). The smallest absolute Gasteiger partial charge is 0.224 e. The van der Waals surface area contributed by atoms with Gasteiger partial charge in [0.05, 0.1) is 0 Å². The molecule has 0 saturated carbocycles. The SMILES string of the molecule is CCC(C)NC(=NC)NCCC(=O)N1CCc2sccc2C1. The third-order valence-electron chi connectivity index (χ3n) is 4.01. The van der Waals surface area contributed by atoms with Crippen molar-refractivity contribution in [3.05, 3.63) is 21.9 Å². The fourth-order valence-corrected chi connectivity index (χ4v) is 3.33. The van der Waals surface area contributed by atoms with Gasteiger partial charge in [-0.15, -0.1) is 11.3 Å². The van der Waals surface area contributed by atoms with Gasteiger partial charge < -0.3 is 15.5 Å². The van der Waals surface area contributed by atoms with Gasteiger partial charge >= 0.3 is 0 Å². The molecule has 22 heavy (non-hydrogen) atoms. The second-order valence-electron chi connectivity index (χ2n) is 5.64. The Hall–Kier alpha value is -1.56. The molecule has 5 nitrogen and oxygen atoms in total. The minimum absolute atomic E-state index is 0.211. The number of thiophene rings is 1. The summed E-state index contributed by atoms with van der Waals surface area (Å²) in [5.74, 6) is 0.976. The van der Waals surface area contributed by atoms with Crippen LogP contribution in [-0.4, -0.2) is 42.9 Å². The first-order valence-corrected chi connectivity index (χ1v) is 8.82. The van der Waals surface area contributed by atoms with Crippen LogP contribution in [0.25, 0.3) is 0 Å². The highest BCUT2D eigenvalue weighted by Gasteiger charge is 2.20. The Bertz CT molecular complexity index is 526. The summed E-state index contributed by atoms with van der Waals surface area (Å²) in [6.45, 7) is 6.46. The minimum Gasteiger partial charge on any atom is -0.356 e. The summed E-state index contributed by atoms with van der Waals surface area (Å²) < 4.78 is 0. The van der Waals surface area contributed by atoms with Gasteiger partial charge in [0.25, 0.3) is 0 Å². The van der Waals surface area contributed by atoms with E-state index in [9.17, 15) is 4.79 Å². The van der Waals surface area contributed by atoms with E-state index in [0.717, 1.165) is 31.9 Å². The van der Waals surface area contributed by atoms with Crippen molar-refractivity contribution in [3.63, 3.8) is 0 Å². The van der Waals surface area contributed by atoms with E-state index in [1.807, 2.05) is 4.90 Å². The molecular weight excluding hydrogens is 296 g/mol. The number of nitrogens with zero attached hydrogens (tertiary/aromatic N) is 2. The average Bonchev–Trinajstić information content (AvgIpc) is 3.00. The first kappa shape index (κ1) is 16.8. The molecule has 1 aliphatic rings. The summed E-state index contributed by atoms with van der Waals surface area (Å²) in [4.78, 5) is 19.9. The van der Waals surface area contributed by atoms with Gasteiger partial charge in [0.1, 0.15) is 0 Å². The molecule has 1 unspecified atom stereocenters. The largest absolute Gasteiger partial charge is 0.356 e. The number of amides is 1. The molecule has 0 bridgehead atoms. The summed E-state index contributed by atoms with van der Waals surface area (Å²) in [5.41, 5.74) is 1.31. The lowest BCUT2D eigenvalue weighted by Crippen LogP contribution is -2.43. The van der Waals surface area contributed by atoms with Crippen LogP contribution in [0.3, 0.4) is 0 Å². The van der Waals surface area contributed by atoms with E-state index in [1.54, 1.807) is 18.4 Å². The molecule has 2 N–H and O–H groups in total. The van der Waals surface area contributed by atoms with Crippen molar-refractivity contribution >= 4 is 23.2 Å². The monoisotopic (exact) mass is 322 g/mol. The van der Waals surface area contributed by atoms with Gasteiger partial charge in [0, 0.05) is 44.0 Å². The van der Waals surface area contributed by atoms with Crippen LogP contribution in [0.2, 0.25) is 0 Å². The topological polar surface area (TPSA) is 56.7 Å². The summed E-state index contributed by atoms with van der Waals surface area (Å²) in [5, 5.41) is 8.62. The second-order valence-corrected chi connectivity index (χ2v) is 6.64. The molecule has 0 spiro atoms. The van der Waals surface area contributed by atoms with Gasteiger partial charge in [-0.2, -0.15) is 0 Å². The van der Waals surface area contributed by atoms with E-state index in [0.29, 0.717) is 19.0 Å². The zero-order chi connectivity index (χ0) is 15.9. The van der Waals surface area contributed by atoms with Gasteiger partial charge in [-0.3, -0.25) is 9.79 Å². The third kappa shape index (κ3) is 4.47. The van der Waals surface area contributed by atoms with Crippen molar-refractivity contribution in [2.75, 3.05) is 20.1 Å². The Labute approximate surface area is 136 Å². The van der Waals surface area contributed by atoms with E-state index in [4.69, 9.17) is 0 Å². The molecule has 122 valence electrons. The van der Waals surface area contributed by atoms with Gasteiger partial charge in [0.2, 0.25) is 5.91 Å². The maximum Gasteiger partial charge on any atom is 0.224 e. The van der Waals surface area contributed by atoms with E-state index in [2.05, 4.69) is 40.9 Å². The van der Waals surface area contributed by atoms with Crippen molar-refractivity contribution < 1.29 is 4.79 Å². The summed E-state index contributed by atoms with van der Waals surface area (Å²) >= 11 is 1.80. The van der Waals surface area contributed by atoms with Crippen LogP contribution < -0.4 is 10.6 Å². The molecule has 2 heterocycles. The zero-order valence-corrected chi connectivity index (χ0v) is 14.5. The zero-order valence-electron chi connectivity index (χ0n) is 13.7. The lowest BCUT2D eigenvalue weighted by atomic mass is 10.1. The number of rotatable bonds is 5. The summed E-state index contributed by atoms with van der Waals surface area (Å²) in [7, 11) is 1.75. The Balaban J connectivity index is 1.74. The molecule has 2 rings (SSSR count). The van der Waals surface area contributed by atoms with Crippen LogP contribution in [0.4, 0.5) is 0 Å². The van der Waals surface area contributed by atoms with Gasteiger partial charge in [-0.05, 0) is 36.8 Å². The molecule has 0 radical (unpaired) electrons. The molecule has 1 atom stereocenters. The first-order valence-electron chi connectivity index (χ1n) is 7.94. The third-order valence-corrected chi connectivity index (χ3v) is 5.03. The molecular formula is C16H26N4OS. The fourth-order valence-electron chi connectivity index (χ4n) is 2.44. The van der Waals surface area contributed by atoms with E-state index in [1.165, 1.54) is 10.4 Å². The van der Waals surface area contributed by atoms with Crippen LogP contribution in [0.15, 0.2) is 16.4 Å². The number of nitrogens with one attached hydrogen (secondary N) is 2. The summed E-state index contributed by atoms with van der Waals surface area (Å²) in [6.07, 6.45) is 2.53. The molecule has 1 amide bonds. The lowest BCUT2D eigenvalue weighted by molar-refractivity contribution is -0.131. The summed E-state index contributed by atoms with van der Waals surface area (Å²) in [6, 6.07) is 2.51. The van der Waals surface area contributed by atoms with Crippen molar-refractivity contribution in [2.45, 2.75) is 45.7 Å². The molecule has 0 saturated heterocycles. The van der Waals surface area contributed by atoms with E-state index >= 15 is 0 Å². The normalized spacial score (nSPS) is 16.1. The molecule has 1 aromatic rings. The van der Waals surface area contributed by atoms with Crippen molar-refractivity contribution in [3.8, 4) is 0 Å². The number of carbonyl (C=O) groups excluding carboxylic acids is 1. The van der Waals surface area contributed by atoms with Crippen LogP contribution in [0.5, 0.6) is 0 Å². The quantitative estimate of drug-likeness (QED) is 0.644. The predicted molar refractivity (Wildman–Crippen MR) is 92.3 cm³/mol. The number of hydrogen-bond acceptors (Lipinski definition) is 3. The molecule has 1 aliphatic heterocycles. The Morgan fingerprint density at radius 3 is 3.09 bits per heavy atom. The van der Waals surface area contributed by atoms with Crippen molar-refractivity contribution in [1.82, 2.24) is 15.5 Å². The van der Waals surface area contributed by atoms with Crippen LogP contribution >= 0.6 is 11.3 Å². The molecule has 6 heteroatoms. The number of fused-ring (bicyclic) bond motifs is 1. The van der Waals surface area contributed by atoms with Crippen LogP contribution in [0, 0.1) is 0 Å². The maximum atomic E-state index is 12.3. The van der Waals surface area contributed by atoms with Gasteiger partial charge in [-0.25, -0.2) is 0 Å². The fraction of sp³-hybridized carbons (Fsp3) is 0.625. The lowest BCUT2D eigenvalue weighted by Gasteiger charge is -2.27. The van der Waals surface area contributed by atoms with Crippen molar-refractivity contribution in [2.24, 2.45) is 4.99 Å². The number of hydrogen-bond donors (Lipinski definition) is 2. The van der Waals surface area contributed by atoms with Crippen LogP contribution in [-0.2, 0) is 17.8 Å². The Morgan fingerprint density at radius 2 is 2.36 bits per heavy atom. The molecule has 0 aromatic carbocycles. The van der Waals surface area contributed by atoms with E-state index < -0.39 is 0 Å². The van der Waals surface area contributed by atoms with Crippen LogP contribution in [0.1, 0.15) is 37.1 Å². The molecule has 1 aromatic heterocycles. The number of carbonyl (C=O) groups is 1. The minimum atomic E-state index is 0.211.